The minimum absolute atomic E-state index is 0.143. The third-order valence-corrected chi connectivity index (χ3v) is 2.24. The van der Waals surface area contributed by atoms with Gasteiger partial charge in [-0.15, -0.1) is 0 Å². The Morgan fingerprint density at radius 2 is 2.33 bits per heavy atom. The normalized spacial score (nSPS) is 10.8. The number of carbonyl (C=O) groups is 1. The highest BCUT2D eigenvalue weighted by Crippen LogP contribution is 2.10. The minimum atomic E-state index is 0.143. The van der Waals surface area contributed by atoms with Gasteiger partial charge in [-0.2, -0.15) is 5.10 Å². The smallest absolute Gasteiger partial charge is 0.159 e. The lowest BCUT2D eigenvalue weighted by Gasteiger charge is -1.98. The average molecular weight is 203 g/mol. The van der Waals surface area contributed by atoms with Crippen LogP contribution in [0.2, 0.25) is 0 Å². The van der Waals surface area contributed by atoms with Crippen molar-refractivity contribution in [2.45, 2.75) is 26.7 Å². The number of aryl methyl sites for hydroxylation is 1. The molecule has 0 atom stereocenters. The molecule has 0 aromatic carbocycles. The van der Waals surface area contributed by atoms with Gasteiger partial charge in [0.05, 0.1) is 0 Å². The molecule has 0 amide bonds. The quantitative estimate of drug-likeness (QED) is 0.758. The lowest BCUT2D eigenvalue weighted by molar-refractivity contribution is -0.116. The molecule has 4 heteroatoms. The molecule has 2 aromatic heterocycles. The first kappa shape index (κ1) is 9.83. The van der Waals surface area contributed by atoms with E-state index in [-0.39, 0.29) is 5.78 Å². The number of hydrogen-bond acceptors (Lipinski definition) is 3. The molecule has 0 aliphatic carbocycles. The van der Waals surface area contributed by atoms with Crippen LogP contribution >= 0.6 is 0 Å². The number of pyridine rings is 1. The second-order valence-corrected chi connectivity index (χ2v) is 3.56. The van der Waals surface area contributed by atoms with Crippen molar-refractivity contribution in [3.05, 3.63) is 29.7 Å². The van der Waals surface area contributed by atoms with Crippen LogP contribution in [0.5, 0.6) is 0 Å². The summed E-state index contributed by atoms with van der Waals surface area (Å²) in [7, 11) is 0. The monoisotopic (exact) mass is 203 g/mol. The molecule has 0 bridgehead atoms. The summed E-state index contributed by atoms with van der Waals surface area (Å²) in [6, 6.07) is 3.81. The molecule has 0 radical (unpaired) electrons. The third kappa shape index (κ3) is 1.88. The van der Waals surface area contributed by atoms with Gasteiger partial charge >= 0.3 is 0 Å². The number of carbonyl (C=O) groups excluding carboxylic acids is 1. The Kier molecular flexibility index (Phi) is 2.49. The average Bonchev–Trinajstić information content (AvgIpc) is 2.61. The van der Waals surface area contributed by atoms with Crippen molar-refractivity contribution in [3.8, 4) is 0 Å². The predicted octanol–water partition coefficient (Wildman–Crippen LogP) is 1.42. The van der Waals surface area contributed by atoms with Crippen LogP contribution in [-0.2, 0) is 17.6 Å². The molecule has 0 saturated carbocycles. The van der Waals surface area contributed by atoms with E-state index in [1.807, 2.05) is 25.3 Å². The van der Waals surface area contributed by atoms with E-state index in [4.69, 9.17) is 0 Å². The first-order chi connectivity index (χ1) is 7.20. The summed E-state index contributed by atoms with van der Waals surface area (Å²) < 4.78 is 1.73. The van der Waals surface area contributed by atoms with Crippen LogP contribution in [0.1, 0.15) is 25.2 Å². The van der Waals surface area contributed by atoms with Crippen molar-refractivity contribution < 1.29 is 4.79 Å². The van der Waals surface area contributed by atoms with Gasteiger partial charge in [-0.3, -0.25) is 4.79 Å². The molecule has 0 aliphatic rings. The van der Waals surface area contributed by atoms with Gasteiger partial charge < -0.3 is 0 Å². The topological polar surface area (TPSA) is 47.3 Å². The van der Waals surface area contributed by atoms with Gasteiger partial charge in [0.1, 0.15) is 5.78 Å². The fraction of sp³-hybridized carbons (Fsp3) is 0.364. The Balaban J connectivity index is 2.54. The van der Waals surface area contributed by atoms with Gasteiger partial charge in [-0.05, 0) is 13.0 Å². The van der Waals surface area contributed by atoms with Gasteiger partial charge in [0, 0.05) is 24.6 Å². The summed E-state index contributed by atoms with van der Waals surface area (Å²) >= 11 is 0. The number of aromatic nitrogens is 3. The number of rotatable bonds is 3. The van der Waals surface area contributed by atoms with E-state index in [0.717, 1.165) is 23.5 Å². The van der Waals surface area contributed by atoms with Crippen molar-refractivity contribution >= 4 is 11.4 Å². The molecule has 0 N–H and O–H groups in total. The van der Waals surface area contributed by atoms with Gasteiger partial charge in [-0.1, -0.05) is 13.0 Å². The highest BCUT2D eigenvalue weighted by atomic mass is 16.1. The van der Waals surface area contributed by atoms with E-state index in [2.05, 4.69) is 10.1 Å². The zero-order valence-electron chi connectivity index (χ0n) is 8.90. The summed E-state index contributed by atoms with van der Waals surface area (Å²) in [4.78, 5) is 15.5. The van der Waals surface area contributed by atoms with Crippen molar-refractivity contribution in [2.75, 3.05) is 0 Å². The zero-order valence-corrected chi connectivity index (χ0v) is 8.90. The maximum absolute atomic E-state index is 11.1. The highest BCUT2D eigenvalue weighted by molar-refractivity contribution is 5.80. The summed E-state index contributed by atoms with van der Waals surface area (Å²) in [5, 5.41) is 4.29. The van der Waals surface area contributed by atoms with Crippen molar-refractivity contribution in [1.29, 1.82) is 0 Å². The Morgan fingerprint density at radius 3 is 3.00 bits per heavy atom. The largest absolute Gasteiger partial charge is 0.300 e. The molecule has 4 nitrogen and oxygen atoms in total. The number of nitrogens with zero attached hydrogens (tertiary/aromatic N) is 3. The van der Waals surface area contributed by atoms with E-state index in [9.17, 15) is 4.79 Å². The predicted molar refractivity (Wildman–Crippen MR) is 56.8 cm³/mol. The molecule has 0 saturated heterocycles. The first-order valence-corrected chi connectivity index (χ1v) is 5.03. The van der Waals surface area contributed by atoms with E-state index in [1.54, 1.807) is 11.4 Å². The maximum Gasteiger partial charge on any atom is 0.159 e. The molecule has 15 heavy (non-hydrogen) atoms. The number of fused-ring (bicyclic) bond motifs is 1. The summed E-state index contributed by atoms with van der Waals surface area (Å²) in [6.45, 7) is 3.60. The Bertz CT molecular complexity index is 502. The summed E-state index contributed by atoms with van der Waals surface area (Å²) in [5.74, 6) is 0.954. The van der Waals surface area contributed by atoms with Gasteiger partial charge in [0.15, 0.2) is 11.5 Å². The fourth-order valence-electron chi connectivity index (χ4n) is 1.56. The third-order valence-electron chi connectivity index (χ3n) is 2.24. The second kappa shape index (κ2) is 3.81. The Hall–Kier alpha value is -1.71. The first-order valence-electron chi connectivity index (χ1n) is 5.03. The second-order valence-electron chi connectivity index (χ2n) is 3.56. The van der Waals surface area contributed by atoms with E-state index >= 15 is 0 Å². The van der Waals surface area contributed by atoms with E-state index in [0.29, 0.717) is 6.42 Å². The standard InChI is InChI=1S/C11H13N3O/c1-3-10-12-11-9(7-8(2)15)5-4-6-14(11)13-10/h4-6H,3,7H2,1-2H3. The Labute approximate surface area is 87.9 Å². The van der Waals surface area contributed by atoms with Crippen molar-refractivity contribution in [3.63, 3.8) is 0 Å². The number of Topliss-reactive ketones (excluding diaryl/α,β-unsaturated/α-hetero) is 1. The fourth-order valence-corrected chi connectivity index (χ4v) is 1.56. The number of hydrogen-bond donors (Lipinski definition) is 0. The van der Waals surface area contributed by atoms with Crippen LogP contribution in [0.25, 0.3) is 5.65 Å². The van der Waals surface area contributed by atoms with Crippen LogP contribution in [0.4, 0.5) is 0 Å². The zero-order chi connectivity index (χ0) is 10.8. The SMILES string of the molecule is CCc1nc2c(CC(C)=O)cccn2n1. The lowest BCUT2D eigenvalue weighted by Crippen LogP contribution is -1.99. The molecular formula is C11H13N3O. The molecule has 0 aliphatic heterocycles. The molecule has 0 spiro atoms. The molecule has 2 rings (SSSR count). The van der Waals surface area contributed by atoms with Gasteiger partial charge in [-0.25, -0.2) is 9.50 Å². The van der Waals surface area contributed by atoms with Crippen LogP contribution in [0.15, 0.2) is 18.3 Å². The van der Waals surface area contributed by atoms with E-state index in [1.165, 1.54) is 0 Å². The van der Waals surface area contributed by atoms with Crippen molar-refractivity contribution in [2.24, 2.45) is 0 Å². The van der Waals surface area contributed by atoms with Crippen LogP contribution in [0, 0.1) is 0 Å². The molecule has 0 fully saturated rings. The van der Waals surface area contributed by atoms with Crippen LogP contribution in [-0.4, -0.2) is 20.4 Å². The lowest BCUT2D eigenvalue weighted by atomic mass is 10.1. The minimum Gasteiger partial charge on any atom is -0.300 e. The van der Waals surface area contributed by atoms with E-state index < -0.39 is 0 Å². The van der Waals surface area contributed by atoms with Crippen LogP contribution < -0.4 is 0 Å². The molecule has 2 heterocycles. The summed E-state index contributed by atoms with van der Waals surface area (Å²) in [6.07, 6.45) is 3.08. The Morgan fingerprint density at radius 1 is 1.53 bits per heavy atom. The maximum atomic E-state index is 11.1. The molecular weight excluding hydrogens is 190 g/mol. The van der Waals surface area contributed by atoms with Crippen molar-refractivity contribution in [1.82, 2.24) is 14.6 Å². The van der Waals surface area contributed by atoms with Gasteiger partial charge in [0.2, 0.25) is 0 Å². The van der Waals surface area contributed by atoms with Crippen LogP contribution in [0.3, 0.4) is 0 Å². The molecule has 2 aromatic rings. The molecule has 78 valence electrons. The molecule has 0 unspecified atom stereocenters. The van der Waals surface area contributed by atoms with Gasteiger partial charge in [0.25, 0.3) is 0 Å². The number of ketones is 1. The highest BCUT2D eigenvalue weighted by Gasteiger charge is 2.07. The summed E-state index contributed by atoms with van der Waals surface area (Å²) in [5.41, 5.74) is 1.74.